The molecule has 0 aromatic carbocycles. The molecule has 0 fully saturated rings. The Balaban J connectivity index is 1.94. The van der Waals surface area contributed by atoms with Crippen molar-refractivity contribution < 1.29 is 0 Å². The summed E-state index contributed by atoms with van der Waals surface area (Å²) in [4.78, 5) is 8.47. The summed E-state index contributed by atoms with van der Waals surface area (Å²) in [6, 6.07) is 3.67. The number of halogens is 1. The van der Waals surface area contributed by atoms with E-state index in [0.29, 0.717) is 5.15 Å². The van der Waals surface area contributed by atoms with E-state index in [1.54, 1.807) is 23.6 Å². The summed E-state index contributed by atoms with van der Waals surface area (Å²) in [5.41, 5.74) is 2.02. The Morgan fingerprint density at radius 1 is 1.44 bits per heavy atom. The van der Waals surface area contributed by atoms with Gasteiger partial charge in [-0.1, -0.05) is 18.5 Å². The van der Waals surface area contributed by atoms with Crippen LogP contribution in [-0.2, 0) is 13.0 Å². The third kappa shape index (κ3) is 2.93. The van der Waals surface area contributed by atoms with E-state index in [2.05, 4.69) is 27.6 Å². The number of rotatable bonds is 4. The number of thiazole rings is 1. The number of aryl methyl sites for hydroxylation is 1. The Bertz CT molecular complexity index is 453. The van der Waals surface area contributed by atoms with Gasteiger partial charge in [-0.15, -0.1) is 11.3 Å². The van der Waals surface area contributed by atoms with Gasteiger partial charge in [-0.25, -0.2) is 9.97 Å². The fourth-order valence-corrected chi connectivity index (χ4v) is 2.12. The molecule has 0 spiro atoms. The maximum Gasteiger partial charge on any atom is 0.129 e. The van der Waals surface area contributed by atoms with Crippen LogP contribution in [0.4, 0.5) is 5.69 Å². The molecule has 0 bridgehead atoms. The van der Waals surface area contributed by atoms with Crippen LogP contribution < -0.4 is 5.32 Å². The predicted molar refractivity (Wildman–Crippen MR) is 68.1 cm³/mol. The van der Waals surface area contributed by atoms with Gasteiger partial charge < -0.3 is 5.32 Å². The van der Waals surface area contributed by atoms with E-state index < -0.39 is 0 Å². The van der Waals surface area contributed by atoms with Gasteiger partial charge in [0, 0.05) is 5.38 Å². The molecule has 0 unspecified atom stereocenters. The molecule has 0 radical (unpaired) electrons. The van der Waals surface area contributed by atoms with Crippen molar-refractivity contribution in [1.82, 2.24) is 9.97 Å². The second-order valence-corrected chi connectivity index (χ2v) is 4.64. The first kappa shape index (κ1) is 11.4. The third-order valence-corrected chi connectivity index (χ3v) is 3.37. The normalized spacial score (nSPS) is 10.4. The molecule has 1 N–H and O–H groups in total. The van der Waals surface area contributed by atoms with Crippen molar-refractivity contribution in [3.8, 4) is 0 Å². The summed E-state index contributed by atoms with van der Waals surface area (Å²) < 4.78 is 0. The number of hydrogen-bond donors (Lipinski definition) is 1. The standard InChI is InChI=1S/C11H12ClN3S/c1-2-11-15-9(7-16-11)6-13-8-3-4-10(12)14-5-8/h3-5,7,13H,2,6H2,1H3. The lowest BCUT2D eigenvalue weighted by Crippen LogP contribution is -2.00. The number of nitrogens with zero attached hydrogens (tertiary/aromatic N) is 2. The smallest absolute Gasteiger partial charge is 0.129 e. The maximum absolute atomic E-state index is 5.70. The minimum Gasteiger partial charge on any atom is -0.378 e. The molecule has 0 atom stereocenters. The molecule has 84 valence electrons. The molecule has 3 nitrogen and oxygen atoms in total. The average Bonchev–Trinajstić information content (AvgIpc) is 2.76. The molecule has 2 rings (SSSR count). The summed E-state index contributed by atoms with van der Waals surface area (Å²) in [6.45, 7) is 2.83. The molecule has 2 heterocycles. The van der Waals surface area contributed by atoms with Gasteiger partial charge in [0.15, 0.2) is 0 Å². The number of aromatic nitrogens is 2. The van der Waals surface area contributed by atoms with E-state index >= 15 is 0 Å². The average molecular weight is 254 g/mol. The first-order valence-electron chi connectivity index (χ1n) is 5.06. The maximum atomic E-state index is 5.70. The summed E-state index contributed by atoms with van der Waals surface area (Å²) in [5.74, 6) is 0. The van der Waals surface area contributed by atoms with Crippen LogP contribution in [0.25, 0.3) is 0 Å². The zero-order chi connectivity index (χ0) is 11.4. The summed E-state index contributed by atoms with van der Waals surface area (Å²) >= 11 is 7.40. The van der Waals surface area contributed by atoms with Crippen LogP contribution in [0.15, 0.2) is 23.7 Å². The zero-order valence-corrected chi connectivity index (χ0v) is 10.5. The Morgan fingerprint density at radius 2 is 2.31 bits per heavy atom. The van der Waals surface area contributed by atoms with Gasteiger partial charge in [0.05, 0.1) is 29.1 Å². The van der Waals surface area contributed by atoms with Crippen LogP contribution >= 0.6 is 22.9 Å². The molecule has 2 aromatic heterocycles. The third-order valence-electron chi connectivity index (χ3n) is 2.10. The van der Waals surface area contributed by atoms with E-state index in [0.717, 1.165) is 24.3 Å². The molecule has 0 aliphatic rings. The molecule has 0 saturated carbocycles. The lowest BCUT2D eigenvalue weighted by Gasteiger charge is -2.03. The summed E-state index contributed by atoms with van der Waals surface area (Å²) in [6.07, 6.45) is 2.71. The number of pyridine rings is 1. The number of hydrogen-bond acceptors (Lipinski definition) is 4. The van der Waals surface area contributed by atoms with Crippen molar-refractivity contribution >= 4 is 28.6 Å². The Labute approximate surface area is 104 Å². The lowest BCUT2D eigenvalue weighted by atomic mass is 10.4. The second-order valence-electron chi connectivity index (χ2n) is 3.31. The second kappa shape index (κ2) is 5.27. The van der Waals surface area contributed by atoms with Gasteiger partial charge in [0.25, 0.3) is 0 Å². The highest BCUT2D eigenvalue weighted by Crippen LogP contribution is 2.13. The van der Waals surface area contributed by atoms with Crippen molar-refractivity contribution in [3.05, 3.63) is 39.6 Å². The van der Waals surface area contributed by atoms with Gasteiger partial charge in [-0.2, -0.15) is 0 Å². The van der Waals surface area contributed by atoms with Gasteiger partial charge in [-0.05, 0) is 18.6 Å². The molecular formula is C11H12ClN3S. The molecule has 0 saturated heterocycles. The molecule has 0 aliphatic carbocycles. The zero-order valence-electron chi connectivity index (χ0n) is 8.90. The van der Waals surface area contributed by atoms with Crippen molar-refractivity contribution in [2.75, 3.05) is 5.32 Å². The Hall–Kier alpha value is -1.13. The SMILES string of the molecule is CCc1nc(CNc2ccc(Cl)nc2)cs1. The summed E-state index contributed by atoms with van der Waals surface area (Å²) in [5, 5.41) is 7.01. The first-order valence-corrected chi connectivity index (χ1v) is 6.32. The van der Waals surface area contributed by atoms with Crippen molar-refractivity contribution in [3.63, 3.8) is 0 Å². The minimum atomic E-state index is 0.507. The summed E-state index contributed by atoms with van der Waals surface area (Å²) in [7, 11) is 0. The Morgan fingerprint density at radius 3 is 2.94 bits per heavy atom. The van der Waals surface area contributed by atoms with E-state index in [4.69, 9.17) is 11.6 Å². The van der Waals surface area contributed by atoms with E-state index in [1.165, 1.54) is 5.01 Å². The van der Waals surface area contributed by atoms with Crippen molar-refractivity contribution in [1.29, 1.82) is 0 Å². The van der Waals surface area contributed by atoms with Crippen LogP contribution in [0.5, 0.6) is 0 Å². The van der Waals surface area contributed by atoms with E-state index in [-0.39, 0.29) is 0 Å². The van der Waals surface area contributed by atoms with Gasteiger partial charge >= 0.3 is 0 Å². The fourth-order valence-electron chi connectivity index (χ4n) is 1.27. The van der Waals surface area contributed by atoms with Crippen LogP contribution in [-0.4, -0.2) is 9.97 Å². The van der Waals surface area contributed by atoms with Gasteiger partial charge in [0.1, 0.15) is 5.15 Å². The highest BCUT2D eigenvalue weighted by molar-refractivity contribution is 7.09. The topological polar surface area (TPSA) is 37.8 Å². The number of nitrogens with one attached hydrogen (secondary N) is 1. The van der Waals surface area contributed by atoms with E-state index in [1.807, 2.05) is 6.07 Å². The van der Waals surface area contributed by atoms with Crippen LogP contribution in [0, 0.1) is 0 Å². The predicted octanol–water partition coefficient (Wildman–Crippen LogP) is 3.37. The molecule has 0 amide bonds. The largest absolute Gasteiger partial charge is 0.378 e. The van der Waals surface area contributed by atoms with Crippen molar-refractivity contribution in [2.24, 2.45) is 0 Å². The fraction of sp³-hybridized carbons (Fsp3) is 0.273. The monoisotopic (exact) mass is 253 g/mol. The molecule has 2 aromatic rings. The van der Waals surface area contributed by atoms with E-state index in [9.17, 15) is 0 Å². The van der Waals surface area contributed by atoms with Gasteiger partial charge in [0.2, 0.25) is 0 Å². The highest BCUT2D eigenvalue weighted by atomic mass is 35.5. The van der Waals surface area contributed by atoms with Crippen LogP contribution in [0.1, 0.15) is 17.6 Å². The highest BCUT2D eigenvalue weighted by Gasteiger charge is 2.00. The molecule has 16 heavy (non-hydrogen) atoms. The van der Waals surface area contributed by atoms with Gasteiger partial charge in [-0.3, -0.25) is 0 Å². The van der Waals surface area contributed by atoms with Crippen LogP contribution in [0.3, 0.4) is 0 Å². The Kier molecular flexibility index (Phi) is 3.74. The lowest BCUT2D eigenvalue weighted by molar-refractivity contribution is 1.01. The van der Waals surface area contributed by atoms with Crippen molar-refractivity contribution in [2.45, 2.75) is 19.9 Å². The van der Waals surface area contributed by atoms with Crippen LogP contribution in [0.2, 0.25) is 5.15 Å². The number of anilines is 1. The minimum absolute atomic E-state index is 0.507. The molecular weight excluding hydrogens is 242 g/mol. The quantitative estimate of drug-likeness (QED) is 0.849. The molecule has 5 heteroatoms. The first-order chi connectivity index (χ1) is 7.78. The molecule has 0 aliphatic heterocycles.